The van der Waals surface area contributed by atoms with E-state index in [0.29, 0.717) is 0 Å². The van der Waals surface area contributed by atoms with Crippen LogP contribution in [0.2, 0.25) is 0 Å². The first-order chi connectivity index (χ1) is 6.67. The molecule has 5 nitrogen and oxygen atoms in total. The number of hydrogen-bond acceptors (Lipinski definition) is 4. The minimum Gasteiger partial charge on any atom is -0.475 e. The van der Waals surface area contributed by atoms with Crippen LogP contribution in [-0.4, -0.2) is 34.9 Å². The van der Waals surface area contributed by atoms with Crippen LogP contribution in [-0.2, 0) is 19.1 Å². The van der Waals surface area contributed by atoms with Crippen LogP contribution in [0.4, 0.5) is 8.78 Å². The summed E-state index contributed by atoms with van der Waals surface area (Å²) in [6.45, 7) is 2.57. The fourth-order valence-electron chi connectivity index (χ4n) is 1.25. The number of hydrogen-bond donors (Lipinski definition) is 1. The highest BCUT2D eigenvalue weighted by atomic mass is 19.3. The van der Waals surface area contributed by atoms with Gasteiger partial charge in [0.15, 0.2) is 0 Å². The summed E-state index contributed by atoms with van der Waals surface area (Å²) in [6.07, 6.45) is -5.62. The minimum absolute atomic E-state index is 0.392. The molecule has 0 aromatic carbocycles. The number of halogens is 2. The average Bonchev–Trinajstić information content (AvgIpc) is 2.23. The summed E-state index contributed by atoms with van der Waals surface area (Å²) in [5.74, 6) is -3.08. The number of ether oxygens (including phenoxy) is 2. The Balaban J connectivity index is 2.81. The highest BCUT2D eigenvalue weighted by Gasteiger charge is 2.54. The number of alkyl halides is 2. The van der Waals surface area contributed by atoms with E-state index in [2.05, 4.69) is 9.47 Å². The smallest absolute Gasteiger partial charge is 0.456 e. The number of carbonyl (C=O) groups excluding carboxylic acids is 1. The van der Waals surface area contributed by atoms with Crippen LogP contribution in [0.3, 0.4) is 0 Å². The number of cyclic esters (lactones) is 1. The van der Waals surface area contributed by atoms with E-state index in [-0.39, 0.29) is 0 Å². The molecule has 2 unspecified atom stereocenters. The van der Waals surface area contributed by atoms with Crippen molar-refractivity contribution in [2.45, 2.75) is 38.1 Å². The third kappa shape index (κ3) is 2.23. The van der Waals surface area contributed by atoms with Gasteiger partial charge in [0.25, 0.3) is 0 Å². The lowest BCUT2D eigenvalue weighted by Gasteiger charge is -2.28. The van der Waals surface area contributed by atoms with Crippen molar-refractivity contribution < 1.29 is 33.0 Å². The first-order valence-corrected chi connectivity index (χ1v) is 4.18. The Bertz CT molecular complexity index is 303. The van der Waals surface area contributed by atoms with Crippen molar-refractivity contribution in [3.05, 3.63) is 0 Å². The Morgan fingerprint density at radius 2 is 2.27 bits per heavy atom. The maximum absolute atomic E-state index is 12.8. The van der Waals surface area contributed by atoms with Crippen molar-refractivity contribution in [1.82, 2.24) is 0 Å². The van der Waals surface area contributed by atoms with Gasteiger partial charge >= 0.3 is 18.0 Å². The van der Waals surface area contributed by atoms with E-state index < -0.39 is 36.2 Å². The van der Waals surface area contributed by atoms with Crippen LogP contribution in [0, 0.1) is 0 Å². The molecule has 1 N–H and O–H groups in total. The molecule has 7 heteroatoms. The lowest BCUT2D eigenvalue weighted by molar-refractivity contribution is -0.291. The fourth-order valence-corrected chi connectivity index (χ4v) is 1.25. The molecule has 0 aromatic rings. The van der Waals surface area contributed by atoms with Gasteiger partial charge < -0.3 is 14.6 Å². The molecule has 1 aliphatic rings. The second-order valence-corrected chi connectivity index (χ2v) is 3.55. The molecule has 0 radical (unpaired) electrons. The largest absolute Gasteiger partial charge is 0.475 e. The van der Waals surface area contributed by atoms with Crippen molar-refractivity contribution in [3.63, 3.8) is 0 Å². The quantitative estimate of drug-likeness (QED) is 0.717. The Morgan fingerprint density at radius 3 is 2.60 bits per heavy atom. The molecule has 1 rings (SSSR count). The molecule has 0 aromatic heterocycles. The zero-order chi connectivity index (χ0) is 11.9. The molecular formula is C8H10F2O5. The molecular weight excluding hydrogens is 214 g/mol. The Morgan fingerprint density at radius 1 is 1.73 bits per heavy atom. The van der Waals surface area contributed by atoms with Crippen molar-refractivity contribution in [3.8, 4) is 0 Å². The van der Waals surface area contributed by atoms with Gasteiger partial charge in [0.1, 0.15) is 11.7 Å². The zero-order valence-electron chi connectivity index (χ0n) is 8.12. The number of rotatable bonds is 3. The van der Waals surface area contributed by atoms with Crippen molar-refractivity contribution in [1.29, 1.82) is 0 Å². The van der Waals surface area contributed by atoms with Crippen LogP contribution >= 0.6 is 0 Å². The average molecular weight is 224 g/mol. The SMILES string of the molecule is CC1OC(=O)CC1(C)OC(F)(F)C(=O)O. The van der Waals surface area contributed by atoms with Crippen LogP contribution in [0.5, 0.6) is 0 Å². The topological polar surface area (TPSA) is 72.8 Å². The number of carboxylic acid groups (broad SMARTS) is 1. The van der Waals surface area contributed by atoms with E-state index in [1.807, 2.05) is 0 Å². The summed E-state index contributed by atoms with van der Waals surface area (Å²) in [5, 5.41) is 8.17. The molecule has 0 aliphatic carbocycles. The molecule has 86 valence electrons. The Hall–Kier alpha value is -1.24. The number of carbonyl (C=O) groups is 2. The third-order valence-corrected chi connectivity index (χ3v) is 2.27. The Kier molecular flexibility index (Phi) is 2.69. The van der Waals surface area contributed by atoms with Crippen LogP contribution < -0.4 is 0 Å². The van der Waals surface area contributed by atoms with Crippen molar-refractivity contribution in [2.24, 2.45) is 0 Å². The predicted octanol–water partition coefficient (Wildman–Crippen LogP) is 0.775. The predicted molar refractivity (Wildman–Crippen MR) is 42.2 cm³/mol. The number of esters is 1. The first kappa shape index (κ1) is 11.8. The van der Waals surface area contributed by atoms with E-state index in [9.17, 15) is 18.4 Å². The molecule has 0 spiro atoms. The second kappa shape index (κ2) is 3.41. The van der Waals surface area contributed by atoms with Gasteiger partial charge in [-0.1, -0.05) is 0 Å². The van der Waals surface area contributed by atoms with Gasteiger partial charge in [0, 0.05) is 0 Å². The van der Waals surface area contributed by atoms with Crippen molar-refractivity contribution >= 4 is 11.9 Å². The molecule has 2 atom stereocenters. The normalized spacial score (nSPS) is 31.5. The van der Waals surface area contributed by atoms with Gasteiger partial charge in [-0.2, -0.15) is 8.78 Å². The molecule has 0 bridgehead atoms. The summed E-state index contributed by atoms with van der Waals surface area (Å²) >= 11 is 0. The monoisotopic (exact) mass is 224 g/mol. The van der Waals surface area contributed by atoms with Crippen molar-refractivity contribution in [2.75, 3.05) is 0 Å². The highest BCUT2D eigenvalue weighted by molar-refractivity contribution is 5.75. The van der Waals surface area contributed by atoms with E-state index in [1.165, 1.54) is 13.8 Å². The molecule has 0 amide bonds. The highest BCUT2D eigenvalue weighted by Crippen LogP contribution is 2.35. The first-order valence-electron chi connectivity index (χ1n) is 4.18. The van der Waals surface area contributed by atoms with Crippen LogP contribution in [0.25, 0.3) is 0 Å². The van der Waals surface area contributed by atoms with Gasteiger partial charge in [0.2, 0.25) is 0 Å². The summed E-state index contributed by atoms with van der Waals surface area (Å²) in [7, 11) is 0. The van der Waals surface area contributed by atoms with E-state index in [0.717, 1.165) is 0 Å². The van der Waals surface area contributed by atoms with E-state index in [4.69, 9.17) is 5.11 Å². The van der Waals surface area contributed by atoms with Gasteiger partial charge in [-0.15, -0.1) is 0 Å². The zero-order valence-corrected chi connectivity index (χ0v) is 8.12. The number of carboxylic acids is 1. The molecule has 0 saturated carbocycles. The number of aliphatic carboxylic acids is 1. The molecule has 1 saturated heterocycles. The molecule has 1 heterocycles. The summed E-state index contributed by atoms with van der Waals surface area (Å²) < 4.78 is 34.3. The fraction of sp³-hybridized carbons (Fsp3) is 0.750. The molecule has 1 fully saturated rings. The molecule has 1 aliphatic heterocycles. The summed E-state index contributed by atoms with van der Waals surface area (Å²) in [6, 6.07) is 0. The third-order valence-electron chi connectivity index (χ3n) is 2.27. The molecule has 15 heavy (non-hydrogen) atoms. The lowest BCUT2D eigenvalue weighted by atomic mass is 9.99. The van der Waals surface area contributed by atoms with Crippen LogP contribution in [0.15, 0.2) is 0 Å². The summed E-state index contributed by atoms with van der Waals surface area (Å²) in [4.78, 5) is 21.0. The van der Waals surface area contributed by atoms with Gasteiger partial charge in [-0.05, 0) is 13.8 Å². The second-order valence-electron chi connectivity index (χ2n) is 3.55. The summed E-state index contributed by atoms with van der Waals surface area (Å²) in [5.41, 5.74) is -1.61. The van der Waals surface area contributed by atoms with Gasteiger partial charge in [0.05, 0.1) is 6.42 Å². The minimum atomic E-state index is -4.32. The maximum atomic E-state index is 12.8. The van der Waals surface area contributed by atoms with Gasteiger partial charge in [-0.3, -0.25) is 4.79 Å². The van der Waals surface area contributed by atoms with Crippen LogP contribution in [0.1, 0.15) is 20.3 Å². The maximum Gasteiger partial charge on any atom is 0.456 e. The lowest BCUT2D eigenvalue weighted by Crippen LogP contribution is -2.46. The van der Waals surface area contributed by atoms with Gasteiger partial charge in [-0.25, -0.2) is 4.79 Å². The van der Waals surface area contributed by atoms with E-state index >= 15 is 0 Å². The Labute approximate surface area is 84.0 Å². The van der Waals surface area contributed by atoms with E-state index in [1.54, 1.807) is 0 Å². The standard InChI is InChI=1S/C8H10F2O5/c1-4-7(2,3-5(11)14-4)15-8(9,10)6(12)13/h4H,3H2,1-2H3,(H,12,13).